The minimum Gasteiger partial charge on any atom is -0.334 e. The van der Waals surface area contributed by atoms with Gasteiger partial charge in [0.15, 0.2) is 0 Å². The van der Waals surface area contributed by atoms with Gasteiger partial charge in [-0.2, -0.15) is 0 Å². The first-order chi connectivity index (χ1) is 8.20. The van der Waals surface area contributed by atoms with Gasteiger partial charge in [-0.05, 0) is 14.0 Å². The van der Waals surface area contributed by atoms with E-state index in [0.29, 0.717) is 6.04 Å². The second-order valence-corrected chi connectivity index (χ2v) is 4.86. The molecule has 0 saturated carbocycles. The van der Waals surface area contributed by atoms with Crippen LogP contribution in [0.15, 0.2) is 12.4 Å². The molecule has 1 saturated heterocycles. The molecule has 5 heteroatoms. The summed E-state index contributed by atoms with van der Waals surface area (Å²) < 4.78 is 2.20. The van der Waals surface area contributed by atoms with E-state index in [-0.39, 0.29) is 0 Å². The number of likely N-dealkylation sites (N-methyl/N-ethyl adjacent to an activating group) is 1. The third-order valence-corrected chi connectivity index (χ3v) is 3.63. The highest BCUT2D eigenvalue weighted by molar-refractivity contribution is 4.89. The van der Waals surface area contributed by atoms with Crippen LogP contribution in [0.5, 0.6) is 0 Å². The highest BCUT2D eigenvalue weighted by Crippen LogP contribution is 2.08. The van der Waals surface area contributed by atoms with Gasteiger partial charge in [0, 0.05) is 57.7 Å². The van der Waals surface area contributed by atoms with Crippen molar-refractivity contribution in [3.8, 4) is 0 Å². The Morgan fingerprint density at radius 1 is 1.41 bits per heavy atom. The second-order valence-electron chi connectivity index (χ2n) is 4.86. The van der Waals surface area contributed by atoms with Crippen LogP contribution < -0.4 is 5.73 Å². The summed E-state index contributed by atoms with van der Waals surface area (Å²) in [5.41, 5.74) is 5.85. The summed E-state index contributed by atoms with van der Waals surface area (Å²) in [6.45, 7) is 8.20. The summed E-state index contributed by atoms with van der Waals surface area (Å²) in [5.74, 6) is 1.09. The van der Waals surface area contributed by atoms with Gasteiger partial charge in [-0.25, -0.2) is 4.98 Å². The number of aromatic nitrogens is 2. The molecule has 2 rings (SSSR count). The molecule has 1 fully saturated rings. The number of aryl methyl sites for hydroxylation is 1. The van der Waals surface area contributed by atoms with Crippen LogP contribution >= 0.6 is 0 Å². The Labute approximate surface area is 103 Å². The second kappa shape index (κ2) is 5.62. The molecular formula is C12H23N5. The standard InChI is InChI=1S/C12H23N5/c1-11-14-3-4-16(11)7-8-17-6-5-15(2)10-12(17)9-13/h3-4,12H,5-10,13H2,1-2H3. The van der Waals surface area contributed by atoms with Crippen molar-refractivity contribution >= 4 is 0 Å². The summed E-state index contributed by atoms with van der Waals surface area (Å²) in [6, 6.07) is 0.498. The van der Waals surface area contributed by atoms with E-state index in [4.69, 9.17) is 5.73 Å². The molecule has 0 bridgehead atoms. The van der Waals surface area contributed by atoms with Crippen LogP contribution in [0.25, 0.3) is 0 Å². The summed E-state index contributed by atoms with van der Waals surface area (Å²) >= 11 is 0. The van der Waals surface area contributed by atoms with Crippen molar-refractivity contribution in [3.05, 3.63) is 18.2 Å². The van der Waals surface area contributed by atoms with Crippen LogP contribution in [0.3, 0.4) is 0 Å². The van der Waals surface area contributed by atoms with Crippen LogP contribution in [-0.4, -0.2) is 65.2 Å². The lowest BCUT2D eigenvalue weighted by molar-refractivity contribution is 0.0910. The number of rotatable bonds is 4. The highest BCUT2D eigenvalue weighted by atomic mass is 15.3. The average molecular weight is 237 g/mol. The molecule has 1 aromatic heterocycles. The van der Waals surface area contributed by atoms with E-state index in [1.807, 2.05) is 19.3 Å². The maximum atomic E-state index is 5.85. The van der Waals surface area contributed by atoms with Gasteiger partial charge in [-0.15, -0.1) is 0 Å². The fraction of sp³-hybridized carbons (Fsp3) is 0.750. The zero-order chi connectivity index (χ0) is 12.3. The lowest BCUT2D eigenvalue weighted by Gasteiger charge is -2.39. The van der Waals surface area contributed by atoms with E-state index >= 15 is 0 Å². The largest absolute Gasteiger partial charge is 0.334 e. The summed E-state index contributed by atoms with van der Waals surface area (Å²) in [6.07, 6.45) is 3.91. The van der Waals surface area contributed by atoms with E-state index < -0.39 is 0 Å². The number of hydrogen-bond acceptors (Lipinski definition) is 4. The molecule has 96 valence electrons. The normalized spacial score (nSPS) is 23.1. The van der Waals surface area contributed by atoms with Crippen LogP contribution in [-0.2, 0) is 6.54 Å². The first-order valence-electron chi connectivity index (χ1n) is 6.31. The Morgan fingerprint density at radius 3 is 2.88 bits per heavy atom. The maximum Gasteiger partial charge on any atom is 0.105 e. The zero-order valence-corrected chi connectivity index (χ0v) is 10.8. The average Bonchev–Trinajstić information content (AvgIpc) is 2.73. The Hall–Kier alpha value is -0.910. The molecule has 0 spiro atoms. The molecule has 2 N–H and O–H groups in total. The fourth-order valence-electron chi connectivity index (χ4n) is 2.44. The Morgan fingerprint density at radius 2 is 2.24 bits per heavy atom. The molecule has 0 radical (unpaired) electrons. The number of nitrogens with two attached hydrogens (primary N) is 1. The predicted octanol–water partition coefficient (Wildman–Crippen LogP) is -0.234. The summed E-state index contributed by atoms with van der Waals surface area (Å²) in [4.78, 5) is 9.10. The number of hydrogen-bond donors (Lipinski definition) is 1. The molecule has 5 nitrogen and oxygen atoms in total. The summed E-state index contributed by atoms with van der Waals surface area (Å²) in [5, 5.41) is 0. The van der Waals surface area contributed by atoms with Crippen LogP contribution in [0.2, 0.25) is 0 Å². The van der Waals surface area contributed by atoms with Crippen LogP contribution in [0.4, 0.5) is 0 Å². The first kappa shape index (κ1) is 12.5. The van der Waals surface area contributed by atoms with Gasteiger partial charge in [0.25, 0.3) is 0 Å². The van der Waals surface area contributed by atoms with E-state index in [0.717, 1.165) is 45.1 Å². The quantitative estimate of drug-likeness (QED) is 0.786. The van der Waals surface area contributed by atoms with Gasteiger partial charge in [0.05, 0.1) is 0 Å². The zero-order valence-electron chi connectivity index (χ0n) is 10.8. The minimum atomic E-state index is 0.498. The fourth-order valence-corrected chi connectivity index (χ4v) is 2.44. The maximum absolute atomic E-state index is 5.85. The lowest BCUT2D eigenvalue weighted by atomic mass is 10.1. The van der Waals surface area contributed by atoms with Gasteiger partial charge in [0.2, 0.25) is 0 Å². The molecule has 1 aliphatic rings. The molecule has 1 unspecified atom stereocenters. The lowest BCUT2D eigenvalue weighted by Crippen LogP contribution is -2.55. The number of piperazine rings is 1. The number of imidazole rings is 1. The van der Waals surface area contributed by atoms with E-state index in [2.05, 4.69) is 26.4 Å². The molecule has 2 heterocycles. The first-order valence-corrected chi connectivity index (χ1v) is 6.31. The van der Waals surface area contributed by atoms with Crippen molar-refractivity contribution in [2.45, 2.75) is 19.5 Å². The SMILES string of the molecule is Cc1nccn1CCN1CCN(C)CC1CN. The molecule has 0 aliphatic carbocycles. The Balaban J connectivity index is 1.87. The smallest absolute Gasteiger partial charge is 0.105 e. The van der Waals surface area contributed by atoms with Gasteiger partial charge in [-0.1, -0.05) is 0 Å². The van der Waals surface area contributed by atoms with E-state index in [1.165, 1.54) is 0 Å². The van der Waals surface area contributed by atoms with Crippen molar-refractivity contribution in [1.82, 2.24) is 19.4 Å². The van der Waals surface area contributed by atoms with Gasteiger partial charge in [-0.3, -0.25) is 4.90 Å². The van der Waals surface area contributed by atoms with Crippen molar-refractivity contribution in [2.75, 3.05) is 39.8 Å². The van der Waals surface area contributed by atoms with Crippen molar-refractivity contribution in [2.24, 2.45) is 5.73 Å². The molecule has 1 aromatic rings. The topological polar surface area (TPSA) is 50.3 Å². The molecule has 1 aliphatic heterocycles. The third-order valence-electron chi connectivity index (χ3n) is 3.63. The Bertz CT molecular complexity index is 348. The molecule has 17 heavy (non-hydrogen) atoms. The minimum absolute atomic E-state index is 0.498. The predicted molar refractivity (Wildman–Crippen MR) is 68.9 cm³/mol. The Kier molecular flexibility index (Phi) is 4.15. The van der Waals surface area contributed by atoms with Crippen LogP contribution in [0, 0.1) is 6.92 Å². The van der Waals surface area contributed by atoms with E-state index in [1.54, 1.807) is 0 Å². The number of nitrogens with zero attached hydrogens (tertiary/aromatic N) is 4. The molecular weight excluding hydrogens is 214 g/mol. The third kappa shape index (κ3) is 3.06. The molecule has 1 atom stereocenters. The summed E-state index contributed by atoms with van der Waals surface area (Å²) in [7, 11) is 2.17. The van der Waals surface area contributed by atoms with Gasteiger partial charge in [0.1, 0.15) is 5.82 Å². The van der Waals surface area contributed by atoms with Gasteiger partial charge >= 0.3 is 0 Å². The molecule has 0 aromatic carbocycles. The monoisotopic (exact) mass is 237 g/mol. The molecule has 0 amide bonds. The van der Waals surface area contributed by atoms with Crippen molar-refractivity contribution in [1.29, 1.82) is 0 Å². The van der Waals surface area contributed by atoms with Crippen LogP contribution in [0.1, 0.15) is 5.82 Å². The van der Waals surface area contributed by atoms with Crippen molar-refractivity contribution < 1.29 is 0 Å². The van der Waals surface area contributed by atoms with E-state index in [9.17, 15) is 0 Å². The van der Waals surface area contributed by atoms with Crippen molar-refractivity contribution in [3.63, 3.8) is 0 Å². The highest BCUT2D eigenvalue weighted by Gasteiger charge is 2.23. The van der Waals surface area contributed by atoms with Gasteiger partial charge < -0.3 is 15.2 Å².